The van der Waals surface area contributed by atoms with Gasteiger partial charge in [-0.15, -0.1) is 0 Å². The maximum Gasteiger partial charge on any atom is 0.356 e. The fraction of sp³-hybridized carbons (Fsp3) is 0.118. The number of aromatic carboxylic acids is 1. The highest BCUT2D eigenvalue weighted by Gasteiger charge is 2.13. The maximum atomic E-state index is 11.1. The second-order valence-electron chi connectivity index (χ2n) is 5.53. The van der Waals surface area contributed by atoms with Crippen molar-refractivity contribution >= 4 is 11.5 Å². The van der Waals surface area contributed by atoms with Crippen LogP contribution in [-0.2, 0) is 6.54 Å². The van der Waals surface area contributed by atoms with Gasteiger partial charge in [-0.05, 0) is 37.3 Å². The monoisotopic (exact) mass is 322 g/mol. The van der Waals surface area contributed by atoms with E-state index in [1.165, 1.54) is 0 Å². The third-order valence-corrected chi connectivity index (χ3v) is 3.89. The lowest BCUT2D eigenvalue weighted by Crippen LogP contribution is -2.09. The lowest BCUT2D eigenvalue weighted by Gasteiger charge is -2.06. The van der Waals surface area contributed by atoms with E-state index in [1.807, 2.05) is 41.8 Å². The van der Waals surface area contributed by atoms with Gasteiger partial charge in [-0.2, -0.15) is 10.2 Å². The number of carboxylic acids is 1. The Morgan fingerprint density at radius 2 is 2.12 bits per heavy atom. The largest absolute Gasteiger partial charge is 0.476 e. The fourth-order valence-corrected chi connectivity index (χ4v) is 2.67. The number of nitrogens with zero attached hydrogens (tertiary/aromatic N) is 4. The lowest BCUT2D eigenvalue weighted by molar-refractivity contribution is 0.0689. The number of rotatable bonds is 4. The number of aryl methyl sites for hydroxylation is 1. The van der Waals surface area contributed by atoms with Crippen molar-refractivity contribution < 1.29 is 14.3 Å². The van der Waals surface area contributed by atoms with Crippen LogP contribution in [0.3, 0.4) is 0 Å². The third kappa shape index (κ3) is 2.36. The first-order valence-corrected chi connectivity index (χ1v) is 7.40. The second kappa shape index (κ2) is 5.38. The molecule has 0 unspecified atom stereocenters. The predicted molar refractivity (Wildman–Crippen MR) is 85.9 cm³/mol. The van der Waals surface area contributed by atoms with Gasteiger partial charge in [0.15, 0.2) is 5.69 Å². The molecule has 0 aliphatic rings. The average Bonchev–Trinajstić information content (AvgIpc) is 3.26. The Kier molecular flexibility index (Phi) is 3.19. The van der Waals surface area contributed by atoms with E-state index in [1.54, 1.807) is 23.3 Å². The highest BCUT2D eigenvalue weighted by molar-refractivity contribution is 5.85. The molecule has 120 valence electrons. The second-order valence-corrected chi connectivity index (χ2v) is 5.53. The molecule has 0 fully saturated rings. The van der Waals surface area contributed by atoms with Crippen molar-refractivity contribution in [1.29, 1.82) is 0 Å². The summed E-state index contributed by atoms with van der Waals surface area (Å²) >= 11 is 0. The number of carbonyl (C=O) groups is 1. The van der Waals surface area contributed by atoms with Gasteiger partial charge in [0, 0.05) is 11.3 Å². The number of hydrogen-bond donors (Lipinski definition) is 1. The molecule has 0 atom stereocenters. The van der Waals surface area contributed by atoms with E-state index in [0.717, 1.165) is 28.2 Å². The van der Waals surface area contributed by atoms with Crippen LogP contribution in [0.25, 0.3) is 16.8 Å². The molecule has 1 N–H and O–H groups in total. The van der Waals surface area contributed by atoms with Gasteiger partial charge in [0.2, 0.25) is 0 Å². The van der Waals surface area contributed by atoms with Crippen LogP contribution in [0.4, 0.5) is 0 Å². The molecule has 4 heterocycles. The Bertz CT molecular complexity index is 1030. The number of furan rings is 1. The Morgan fingerprint density at radius 3 is 2.83 bits per heavy atom. The Balaban J connectivity index is 1.75. The molecule has 0 radical (unpaired) electrons. The molecule has 0 aliphatic heterocycles. The third-order valence-electron chi connectivity index (χ3n) is 3.89. The minimum Gasteiger partial charge on any atom is -0.476 e. The molecule has 7 heteroatoms. The molecule has 0 spiro atoms. The molecule has 0 amide bonds. The number of fused-ring (bicyclic) bond motifs is 1. The Morgan fingerprint density at radius 1 is 1.25 bits per heavy atom. The summed E-state index contributed by atoms with van der Waals surface area (Å²) < 4.78 is 8.61. The Hall–Kier alpha value is -3.35. The number of hydrogen-bond acceptors (Lipinski definition) is 4. The lowest BCUT2D eigenvalue weighted by atomic mass is 10.2. The van der Waals surface area contributed by atoms with E-state index in [-0.39, 0.29) is 5.69 Å². The van der Waals surface area contributed by atoms with Crippen molar-refractivity contribution in [2.75, 3.05) is 0 Å². The van der Waals surface area contributed by atoms with Crippen molar-refractivity contribution in [3.05, 3.63) is 66.0 Å². The van der Waals surface area contributed by atoms with Gasteiger partial charge in [0.1, 0.15) is 0 Å². The highest BCUT2D eigenvalue weighted by atomic mass is 16.4. The van der Waals surface area contributed by atoms with Gasteiger partial charge in [0.25, 0.3) is 0 Å². The van der Waals surface area contributed by atoms with E-state index < -0.39 is 5.97 Å². The molecule has 24 heavy (non-hydrogen) atoms. The minimum absolute atomic E-state index is 0.0410. The normalized spacial score (nSPS) is 11.2. The molecule has 4 rings (SSSR count). The number of carboxylic acid groups (broad SMARTS) is 1. The van der Waals surface area contributed by atoms with Crippen molar-refractivity contribution in [3.63, 3.8) is 0 Å². The summed E-state index contributed by atoms with van der Waals surface area (Å²) in [5, 5.41) is 17.8. The van der Waals surface area contributed by atoms with E-state index in [9.17, 15) is 4.79 Å². The SMILES string of the molecule is Cc1cc(C(=O)O)nn1Cc1cccc2cc(-c3ccoc3)nn12. The topological polar surface area (TPSA) is 85.6 Å². The molecule has 0 saturated heterocycles. The highest BCUT2D eigenvalue weighted by Crippen LogP contribution is 2.21. The van der Waals surface area contributed by atoms with E-state index in [0.29, 0.717) is 6.54 Å². The van der Waals surface area contributed by atoms with Crippen molar-refractivity contribution in [3.8, 4) is 11.3 Å². The zero-order chi connectivity index (χ0) is 16.7. The standard InChI is InChI=1S/C17H14N4O3/c1-11-7-16(17(22)23)18-20(11)9-14-4-2-3-13-8-15(19-21(13)14)12-5-6-24-10-12/h2-8,10H,9H2,1H3,(H,22,23). The van der Waals surface area contributed by atoms with Crippen molar-refractivity contribution in [2.45, 2.75) is 13.5 Å². The quantitative estimate of drug-likeness (QED) is 0.624. The van der Waals surface area contributed by atoms with Gasteiger partial charge in [-0.3, -0.25) is 4.68 Å². The van der Waals surface area contributed by atoms with Crippen molar-refractivity contribution in [2.24, 2.45) is 0 Å². The van der Waals surface area contributed by atoms with E-state index >= 15 is 0 Å². The van der Waals surface area contributed by atoms with Crippen LogP contribution >= 0.6 is 0 Å². The summed E-state index contributed by atoms with van der Waals surface area (Å²) in [6.07, 6.45) is 3.26. The van der Waals surface area contributed by atoms with E-state index in [4.69, 9.17) is 9.52 Å². The summed E-state index contributed by atoms with van der Waals surface area (Å²) in [7, 11) is 0. The maximum absolute atomic E-state index is 11.1. The van der Waals surface area contributed by atoms with Gasteiger partial charge in [-0.25, -0.2) is 9.31 Å². The van der Waals surface area contributed by atoms with Gasteiger partial charge in [0.05, 0.1) is 36.0 Å². The van der Waals surface area contributed by atoms with Crippen LogP contribution in [-0.4, -0.2) is 30.5 Å². The number of pyridine rings is 1. The van der Waals surface area contributed by atoms with Gasteiger partial charge < -0.3 is 9.52 Å². The summed E-state index contributed by atoms with van der Waals surface area (Å²) in [6, 6.07) is 11.3. The van der Waals surface area contributed by atoms with Crippen LogP contribution < -0.4 is 0 Å². The first kappa shape index (κ1) is 14.3. The zero-order valence-corrected chi connectivity index (χ0v) is 12.9. The van der Waals surface area contributed by atoms with Crippen molar-refractivity contribution in [1.82, 2.24) is 19.4 Å². The first-order chi connectivity index (χ1) is 11.6. The van der Waals surface area contributed by atoms with Crippen LogP contribution in [0.1, 0.15) is 21.9 Å². The van der Waals surface area contributed by atoms with Crippen LogP contribution in [0, 0.1) is 6.92 Å². The fourth-order valence-electron chi connectivity index (χ4n) is 2.67. The molecule has 0 bridgehead atoms. The molecule has 0 aromatic carbocycles. The molecular formula is C17H14N4O3. The smallest absolute Gasteiger partial charge is 0.356 e. The van der Waals surface area contributed by atoms with Crippen LogP contribution in [0.5, 0.6) is 0 Å². The summed E-state index contributed by atoms with van der Waals surface area (Å²) in [6.45, 7) is 2.27. The Labute approximate surface area is 136 Å². The molecular weight excluding hydrogens is 308 g/mol. The predicted octanol–water partition coefficient (Wildman–Crippen LogP) is 2.85. The molecule has 4 aromatic rings. The summed E-state index contributed by atoms with van der Waals surface area (Å²) in [5.41, 5.74) is 4.41. The number of aromatic nitrogens is 4. The van der Waals surface area contributed by atoms with Crippen LogP contribution in [0.2, 0.25) is 0 Å². The van der Waals surface area contributed by atoms with Gasteiger partial charge in [-0.1, -0.05) is 6.07 Å². The average molecular weight is 322 g/mol. The summed E-state index contributed by atoms with van der Waals surface area (Å²) in [5.74, 6) is -1.03. The first-order valence-electron chi connectivity index (χ1n) is 7.40. The summed E-state index contributed by atoms with van der Waals surface area (Å²) in [4.78, 5) is 11.1. The molecule has 0 saturated carbocycles. The molecule has 4 aromatic heterocycles. The van der Waals surface area contributed by atoms with E-state index in [2.05, 4.69) is 10.2 Å². The zero-order valence-electron chi connectivity index (χ0n) is 12.9. The molecule has 7 nitrogen and oxygen atoms in total. The molecule has 0 aliphatic carbocycles. The van der Waals surface area contributed by atoms with Gasteiger partial charge >= 0.3 is 5.97 Å². The minimum atomic E-state index is -1.03. The van der Waals surface area contributed by atoms with Crippen LogP contribution in [0.15, 0.2) is 53.3 Å².